The van der Waals surface area contributed by atoms with Crippen molar-refractivity contribution in [3.63, 3.8) is 0 Å². The maximum atomic E-state index is 11.2. The average molecular weight is 187 g/mol. The Morgan fingerprint density at radius 3 is 2.92 bits per heavy atom. The van der Waals surface area contributed by atoms with E-state index in [4.69, 9.17) is 5.73 Å². The normalized spacial score (nSPS) is 18.5. The van der Waals surface area contributed by atoms with Crippen molar-refractivity contribution in [2.45, 2.75) is 6.04 Å². The zero-order chi connectivity index (χ0) is 9.14. The Morgan fingerprint density at radius 1 is 1.83 bits per heavy atom. The lowest BCUT2D eigenvalue weighted by atomic mass is 10.2. The highest BCUT2D eigenvalue weighted by Crippen LogP contribution is 1.93. The summed E-state index contributed by atoms with van der Waals surface area (Å²) in [5.74, 6) is -0.338. The van der Waals surface area contributed by atoms with E-state index in [-0.39, 0.29) is 29.8 Å². The van der Waals surface area contributed by atoms with E-state index < -0.39 is 6.04 Å². The second-order valence-electron chi connectivity index (χ2n) is 2.37. The lowest BCUT2D eigenvalue weighted by Gasteiger charge is -2.05. The SMILES string of the molecule is N[C@@H](CS)C(=O)C1=NCC(=O)N1. The van der Waals surface area contributed by atoms with Gasteiger partial charge in [-0.2, -0.15) is 12.6 Å². The molecular formula is C6H9N3O2S. The van der Waals surface area contributed by atoms with Gasteiger partial charge in [0.15, 0.2) is 5.84 Å². The Balaban J connectivity index is 2.60. The molecule has 5 nitrogen and oxygen atoms in total. The molecule has 1 rings (SSSR count). The number of carbonyl (C=O) groups is 2. The minimum Gasteiger partial charge on any atom is -0.320 e. The predicted octanol–water partition coefficient (Wildman–Crippen LogP) is -1.66. The van der Waals surface area contributed by atoms with Crippen LogP contribution in [0.5, 0.6) is 0 Å². The van der Waals surface area contributed by atoms with E-state index >= 15 is 0 Å². The van der Waals surface area contributed by atoms with Gasteiger partial charge < -0.3 is 11.1 Å². The Kier molecular flexibility index (Phi) is 2.83. The van der Waals surface area contributed by atoms with Gasteiger partial charge in [-0.1, -0.05) is 0 Å². The molecule has 66 valence electrons. The number of nitrogens with one attached hydrogen (secondary N) is 1. The van der Waals surface area contributed by atoms with Crippen LogP contribution in [-0.4, -0.2) is 35.9 Å². The molecule has 0 saturated heterocycles. The summed E-state index contributed by atoms with van der Waals surface area (Å²) in [4.78, 5) is 25.5. The Labute approximate surface area is 74.8 Å². The van der Waals surface area contributed by atoms with Crippen LogP contribution in [0, 0.1) is 0 Å². The molecule has 0 radical (unpaired) electrons. The third-order valence-corrected chi connectivity index (χ3v) is 1.80. The van der Waals surface area contributed by atoms with Crippen LogP contribution in [0.2, 0.25) is 0 Å². The molecular weight excluding hydrogens is 178 g/mol. The largest absolute Gasteiger partial charge is 0.320 e. The Bertz CT molecular complexity index is 251. The molecule has 1 aliphatic heterocycles. The molecule has 0 unspecified atom stereocenters. The van der Waals surface area contributed by atoms with Gasteiger partial charge >= 0.3 is 0 Å². The van der Waals surface area contributed by atoms with Crippen molar-refractivity contribution >= 4 is 30.2 Å². The van der Waals surface area contributed by atoms with E-state index in [0.717, 1.165) is 0 Å². The minimum absolute atomic E-state index is 0.0143. The number of hydrogen-bond donors (Lipinski definition) is 3. The third kappa shape index (κ3) is 1.83. The number of Topliss-reactive ketones (excluding diaryl/α,β-unsaturated/α-hetero) is 1. The number of nitrogens with zero attached hydrogens (tertiary/aromatic N) is 1. The van der Waals surface area contributed by atoms with E-state index in [1.807, 2.05) is 0 Å². The lowest BCUT2D eigenvalue weighted by molar-refractivity contribution is -0.119. The quantitative estimate of drug-likeness (QED) is 0.462. The fraction of sp³-hybridized carbons (Fsp3) is 0.500. The van der Waals surface area contributed by atoms with Crippen LogP contribution in [-0.2, 0) is 9.59 Å². The van der Waals surface area contributed by atoms with E-state index in [1.54, 1.807) is 0 Å². The molecule has 0 bridgehead atoms. The molecule has 1 atom stereocenters. The second kappa shape index (κ2) is 3.68. The number of amidine groups is 1. The van der Waals surface area contributed by atoms with Gasteiger partial charge in [0.05, 0.1) is 6.04 Å². The number of hydrogen-bond acceptors (Lipinski definition) is 5. The van der Waals surface area contributed by atoms with Crippen LogP contribution in [0.3, 0.4) is 0 Å². The molecule has 0 saturated carbocycles. The Hall–Kier alpha value is -0.880. The first-order valence-corrected chi connectivity index (χ1v) is 4.03. The number of thiol groups is 1. The maximum Gasteiger partial charge on any atom is 0.247 e. The first-order chi connectivity index (χ1) is 5.65. The predicted molar refractivity (Wildman–Crippen MR) is 47.3 cm³/mol. The fourth-order valence-electron chi connectivity index (χ4n) is 0.760. The first-order valence-electron chi connectivity index (χ1n) is 3.40. The molecule has 0 aliphatic carbocycles. The van der Waals surface area contributed by atoms with Crippen molar-refractivity contribution in [1.82, 2.24) is 5.32 Å². The highest BCUT2D eigenvalue weighted by molar-refractivity contribution is 7.80. The first kappa shape index (κ1) is 9.21. The van der Waals surface area contributed by atoms with Crippen LogP contribution in [0.25, 0.3) is 0 Å². The van der Waals surface area contributed by atoms with Gasteiger partial charge in [0, 0.05) is 5.75 Å². The van der Waals surface area contributed by atoms with Crippen LogP contribution in [0.1, 0.15) is 0 Å². The average Bonchev–Trinajstić information content (AvgIpc) is 2.49. The van der Waals surface area contributed by atoms with Gasteiger partial charge in [0.1, 0.15) is 6.54 Å². The molecule has 12 heavy (non-hydrogen) atoms. The van der Waals surface area contributed by atoms with Gasteiger partial charge in [-0.05, 0) is 0 Å². The third-order valence-electron chi connectivity index (χ3n) is 1.41. The molecule has 1 aliphatic rings. The summed E-state index contributed by atoms with van der Waals surface area (Å²) in [5, 5.41) is 2.32. The molecule has 1 heterocycles. The van der Waals surface area contributed by atoms with Crippen LogP contribution in [0.15, 0.2) is 4.99 Å². The fourth-order valence-corrected chi connectivity index (χ4v) is 0.926. The van der Waals surface area contributed by atoms with Crippen LogP contribution >= 0.6 is 12.6 Å². The minimum atomic E-state index is -0.689. The standard InChI is InChI=1S/C6H9N3O2S/c7-3(2-12)5(11)6-8-1-4(10)9-6/h3,12H,1-2,7H2,(H,8,9,10)/t3-/m0/s1. The molecule has 0 aromatic heterocycles. The van der Waals surface area contributed by atoms with Crippen LogP contribution < -0.4 is 11.1 Å². The number of nitrogens with two attached hydrogens (primary N) is 1. The van der Waals surface area contributed by atoms with Crippen molar-refractivity contribution in [1.29, 1.82) is 0 Å². The summed E-state index contributed by atoms with van der Waals surface area (Å²) in [6.07, 6.45) is 0. The Morgan fingerprint density at radius 2 is 2.50 bits per heavy atom. The van der Waals surface area contributed by atoms with E-state index in [0.29, 0.717) is 0 Å². The highest BCUT2D eigenvalue weighted by Gasteiger charge is 2.24. The number of carbonyl (C=O) groups excluding carboxylic acids is 2. The van der Waals surface area contributed by atoms with Gasteiger partial charge in [-0.25, -0.2) is 0 Å². The smallest absolute Gasteiger partial charge is 0.247 e. The summed E-state index contributed by atoms with van der Waals surface area (Å²) in [7, 11) is 0. The summed E-state index contributed by atoms with van der Waals surface area (Å²) in [6, 6.07) is -0.689. The molecule has 0 spiro atoms. The molecule has 0 aromatic carbocycles. The zero-order valence-corrected chi connectivity index (χ0v) is 7.17. The number of rotatable bonds is 3. The van der Waals surface area contributed by atoms with Crippen molar-refractivity contribution < 1.29 is 9.59 Å². The van der Waals surface area contributed by atoms with Gasteiger partial charge in [0.25, 0.3) is 0 Å². The summed E-state index contributed by atoms with van der Waals surface area (Å²) >= 11 is 3.86. The van der Waals surface area contributed by atoms with Crippen molar-refractivity contribution in [2.24, 2.45) is 10.7 Å². The van der Waals surface area contributed by atoms with Gasteiger partial charge in [-0.15, -0.1) is 0 Å². The molecule has 0 aromatic rings. The molecule has 3 N–H and O–H groups in total. The van der Waals surface area contributed by atoms with E-state index in [1.165, 1.54) is 0 Å². The van der Waals surface area contributed by atoms with Crippen LogP contribution in [0.4, 0.5) is 0 Å². The second-order valence-corrected chi connectivity index (χ2v) is 2.73. The number of ketones is 1. The zero-order valence-electron chi connectivity index (χ0n) is 6.28. The van der Waals surface area contributed by atoms with E-state index in [9.17, 15) is 9.59 Å². The summed E-state index contributed by atoms with van der Waals surface area (Å²) in [6.45, 7) is 0.0143. The highest BCUT2D eigenvalue weighted by atomic mass is 32.1. The lowest BCUT2D eigenvalue weighted by Crippen LogP contribution is -2.42. The van der Waals surface area contributed by atoms with E-state index in [2.05, 4.69) is 22.9 Å². The monoisotopic (exact) mass is 187 g/mol. The van der Waals surface area contributed by atoms with Gasteiger partial charge in [0.2, 0.25) is 11.7 Å². The summed E-state index contributed by atoms with van der Waals surface area (Å²) < 4.78 is 0. The maximum absolute atomic E-state index is 11.2. The summed E-state index contributed by atoms with van der Waals surface area (Å²) in [5.41, 5.74) is 5.38. The molecule has 0 fully saturated rings. The van der Waals surface area contributed by atoms with Crippen molar-refractivity contribution in [3.05, 3.63) is 0 Å². The molecule has 1 amide bonds. The topological polar surface area (TPSA) is 84.6 Å². The number of amides is 1. The number of aliphatic imine (C=N–C) groups is 1. The van der Waals surface area contributed by atoms with Crippen molar-refractivity contribution in [3.8, 4) is 0 Å². The molecule has 6 heteroatoms. The van der Waals surface area contributed by atoms with Gasteiger partial charge in [-0.3, -0.25) is 14.6 Å². The van der Waals surface area contributed by atoms with Crippen molar-refractivity contribution in [2.75, 3.05) is 12.3 Å².